The molecule has 0 aliphatic carbocycles. The highest BCUT2D eigenvalue weighted by Crippen LogP contribution is 2.18. The molecule has 1 aromatic carbocycles. The molecule has 1 fully saturated rings. The van der Waals surface area contributed by atoms with Crippen LogP contribution in [0.5, 0.6) is 5.75 Å². The molecule has 1 aliphatic rings. The summed E-state index contributed by atoms with van der Waals surface area (Å²) in [6.45, 7) is 25.5. The second kappa shape index (κ2) is 23.1. The van der Waals surface area contributed by atoms with Crippen LogP contribution in [0.4, 0.5) is 0 Å². The van der Waals surface area contributed by atoms with Gasteiger partial charge in [0.1, 0.15) is 35.2 Å². The molecule has 1 aliphatic heterocycles. The average Bonchev–Trinajstić information content (AvgIpc) is 3.04. The van der Waals surface area contributed by atoms with E-state index in [1.54, 1.807) is 6.92 Å². The smallest absolute Gasteiger partial charge is 0.323 e. The lowest BCUT2D eigenvalue weighted by Gasteiger charge is -2.36. The normalized spacial score (nSPS) is 17.0. The van der Waals surface area contributed by atoms with Gasteiger partial charge in [-0.25, -0.2) is 0 Å². The van der Waals surface area contributed by atoms with Crippen LogP contribution < -0.4 is 4.74 Å². The minimum atomic E-state index is -0.658. The Balaban J connectivity index is 2.46. The van der Waals surface area contributed by atoms with Gasteiger partial charge in [0, 0.05) is 59.0 Å². The highest BCUT2D eigenvalue weighted by atomic mass is 16.6. The van der Waals surface area contributed by atoms with Gasteiger partial charge in [-0.2, -0.15) is 0 Å². The van der Waals surface area contributed by atoms with Crippen LogP contribution in [-0.2, 0) is 49.3 Å². The van der Waals surface area contributed by atoms with Gasteiger partial charge in [-0.1, -0.05) is 12.1 Å². The van der Waals surface area contributed by atoms with Crippen molar-refractivity contribution in [2.45, 2.75) is 105 Å². The van der Waals surface area contributed by atoms with Crippen molar-refractivity contribution in [3.05, 3.63) is 29.8 Å². The van der Waals surface area contributed by atoms with Gasteiger partial charge in [-0.15, -0.1) is 0 Å². The van der Waals surface area contributed by atoms with E-state index in [2.05, 4.69) is 4.90 Å². The average molecular weight is 779 g/mol. The molecule has 1 aromatic rings. The fourth-order valence-corrected chi connectivity index (χ4v) is 5.92. The van der Waals surface area contributed by atoms with Crippen molar-refractivity contribution >= 4 is 23.9 Å². The molecule has 0 bridgehead atoms. The third-order valence-corrected chi connectivity index (χ3v) is 8.24. The summed E-state index contributed by atoms with van der Waals surface area (Å²) in [5.41, 5.74) is -1.03. The SMILES string of the molecule is CCOCCOc1ccc(CC(C(=O)OCC)N2CCN(CC(=O)OC(C)(C)C)CCN(CC(=O)OC(C)(C)C)CCN(CC(=O)OC(C)(C)C)CC2)cc1. The van der Waals surface area contributed by atoms with E-state index in [0.29, 0.717) is 84.3 Å². The summed E-state index contributed by atoms with van der Waals surface area (Å²) in [5.74, 6) is -0.727. The second-order valence-electron chi connectivity index (χ2n) is 16.8. The van der Waals surface area contributed by atoms with E-state index in [1.807, 2.05) is 108 Å². The van der Waals surface area contributed by atoms with Gasteiger partial charge < -0.3 is 28.4 Å². The van der Waals surface area contributed by atoms with Crippen LogP contribution in [0.1, 0.15) is 81.7 Å². The molecule has 314 valence electrons. The number of nitrogens with zero attached hydrogens (tertiary/aromatic N) is 4. The van der Waals surface area contributed by atoms with Crippen molar-refractivity contribution in [2.24, 2.45) is 0 Å². The molecule has 0 saturated carbocycles. The van der Waals surface area contributed by atoms with E-state index in [0.717, 1.165) is 5.56 Å². The summed E-state index contributed by atoms with van der Waals surface area (Å²) in [7, 11) is 0. The quantitative estimate of drug-likeness (QED) is 0.137. The van der Waals surface area contributed by atoms with Crippen molar-refractivity contribution in [1.29, 1.82) is 0 Å². The number of esters is 4. The number of rotatable bonds is 16. The number of hydrogen-bond donors (Lipinski definition) is 0. The Hall–Kier alpha value is -3.30. The van der Waals surface area contributed by atoms with Crippen LogP contribution in [0.3, 0.4) is 0 Å². The van der Waals surface area contributed by atoms with Gasteiger partial charge >= 0.3 is 23.9 Å². The Morgan fingerprint density at radius 1 is 0.582 bits per heavy atom. The van der Waals surface area contributed by atoms with Gasteiger partial charge in [0.2, 0.25) is 0 Å². The molecule has 1 atom stereocenters. The first-order valence-corrected chi connectivity index (χ1v) is 19.7. The van der Waals surface area contributed by atoms with Gasteiger partial charge in [0.05, 0.1) is 32.8 Å². The van der Waals surface area contributed by atoms with Crippen molar-refractivity contribution in [2.75, 3.05) is 98.4 Å². The van der Waals surface area contributed by atoms with Crippen molar-refractivity contribution in [3.63, 3.8) is 0 Å². The largest absolute Gasteiger partial charge is 0.491 e. The van der Waals surface area contributed by atoms with Crippen LogP contribution in [0.2, 0.25) is 0 Å². The second-order valence-corrected chi connectivity index (χ2v) is 16.8. The zero-order valence-corrected chi connectivity index (χ0v) is 35.6. The molecule has 0 spiro atoms. The zero-order chi connectivity index (χ0) is 41.2. The van der Waals surface area contributed by atoms with Gasteiger partial charge in [0.25, 0.3) is 0 Å². The molecule has 0 N–H and O–H groups in total. The van der Waals surface area contributed by atoms with E-state index in [4.69, 9.17) is 28.4 Å². The van der Waals surface area contributed by atoms with Crippen molar-refractivity contribution in [1.82, 2.24) is 19.6 Å². The highest BCUT2D eigenvalue weighted by Gasteiger charge is 2.31. The Kier molecular flexibility index (Phi) is 20.1. The summed E-state index contributed by atoms with van der Waals surface area (Å²) < 4.78 is 33.8. The lowest BCUT2D eigenvalue weighted by atomic mass is 10.0. The fourth-order valence-electron chi connectivity index (χ4n) is 5.92. The van der Waals surface area contributed by atoms with E-state index in [1.165, 1.54) is 0 Å². The summed E-state index contributed by atoms with van der Waals surface area (Å²) in [6, 6.07) is 7.01. The lowest BCUT2D eigenvalue weighted by Crippen LogP contribution is -2.53. The Labute approximate surface area is 330 Å². The number of ether oxygens (including phenoxy) is 6. The van der Waals surface area contributed by atoms with E-state index >= 15 is 0 Å². The Morgan fingerprint density at radius 3 is 1.35 bits per heavy atom. The molecular weight excluding hydrogens is 708 g/mol. The predicted molar refractivity (Wildman–Crippen MR) is 211 cm³/mol. The summed E-state index contributed by atoms with van der Waals surface area (Å²) in [6.07, 6.45) is 0.375. The molecule has 55 heavy (non-hydrogen) atoms. The lowest BCUT2D eigenvalue weighted by molar-refractivity contribution is -0.159. The van der Waals surface area contributed by atoms with E-state index in [-0.39, 0.29) is 50.1 Å². The summed E-state index contributed by atoms with van der Waals surface area (Å²) in [4.78, 5) is 61.1. The maximum absolute atomic E-state index is 13.7. The van der Waals surface area contributed by atoms with Crippen LogP contribution in [-0.4, -0.2) is 165 Å². The number of hydrogen-bond acceptors (Lipinski definition) is 14. The minimum absolute atomic E-state index is 0.0327. The molecule has 0 radical (unpaired) electrons. The van der Waals surface area contributed by atoms with Crippen LogP contribution in [0.25, 0.3) is 0 Å². The maximum atomic E-state index is 13.7. The molecule has 14 nitrogen and oxygen atoms in total. The van der Waals surface area contributed by atoms with Gasteiger partial charge in [0.15, 0.2) is 0 Å². The number of carbonyl (C=O) groups is 4. The topological polar surface area (TPSA) is 137 Å². The van der Waals surface area contributed by atoms with E-state index < -0.39 is 22.8 Å². The molecule has 1 saturated heterocycles. The summed E-state index contributed by atoms with van der Waals surface area (Å²) in [5, 5.41) is 0. The molecule has 1 heterocycles. The Morgan fingerprint density at radius 2 is 0.982 bits per heavy atom. The molecule has 1 unspecified atom stereocenters. The van der Waals surface area contributed by atoms with E-state index in [9.17, 15) is 19.2 Å². The minimum Gasteiger partial charge on any atom is -0.491 e. The maximum Gasteiger partial charge on any atom is 0.323 e. The first kappa shape index (κ1) is 47.9. The van der Waals surface area contributed by atoms with Gasteiger partial charge in [-0.05, 0) is 100 Å². The standard InChI is InChI=1S/C41H70N4O10/c1-12-50-26-27-52-33-16-14-32(15-17-33)28-34(38(49)51-13-2)45-24-22-43(30-36(47)54-40(6,7)8)20-18-42(29-35(46)53-39(3,4)5)19-21-44(23-25-45)31-37(48)55-41(9,10)11/h14-17,34H,12-13,18-31H2,1-11H3. The molecular formula is C41H70N4O10. The molecule has 14 heteroatoms. The Bertz CT molecular complexity index is 1270. The third-order valence-electron chi connectivity index (χ3n) is 8.24. The van der Waals surface area contributed by atoms with Crippen LogP contribution in [0, 0.1) is 0 Å². The first-order valence-electron chi connectivity index (χ1n) is 19.7. The molecule has 0 amide bonds. The number of carbonyl (C=O) groups excluding carboxylic acids is 4. The monoisotopic (exact) mass is 779 g/mol. The summed E-state index contributed by atoms with van der Waals surface area (Å²) >= 11 is 0. The first-order chi connectivity index (χ1) is 25.7. The van der Waals surface area contributed by atoms with Gasteiger partial charge in [-0.3, -0.25) is 38.8 Å². The molecule has 2 rings (SSSR count). The zero-order valence-electron chi connectivity index (χ0n) is 35.6. The fraction of sp³-hybridized carbons (Fsp3) is 0.756. The third kappa shape index (κ3) is 21.5. The highest BCUT2D eigenvalue weighted by molar-refractivity contribution is 5.76. The van der Waals surface area contributed by atoms with Crippen LogP contribution in [0.15, 0.2) is 24.3 Å². The van der Waals surface area contributed by atoms with Crippen LogP contribution >= 0.6 is 0 Å². The molecule has 0 aromatic heterocycles. The number of benzene rings is 1. The van der Waals surface area contributed by atoms with Crippen molar-refractivity contribution in [3.8, 4) is 5.75 Å². The van der Waals surface area contributed by atoms with Crippen molar-refractivity contribution < 1.29 is 47.6 Å². The predicted octanol–water partition coefficient (Wildman–Crippen LogP) is 3.82.